The number of rotatable bonds is 7. The molecule has 1 aromatic carbocycles. The monoisotopic (exact) mass is 284 g/mol. The van der Waals surface area contributed by atoms with Gasteiger partial charge in [-0.05, 0) is 0 Å². The SMILES string of the molecule is COc1cc(OC(C(=O)O)C(C)C)cc(OC)c1OC. The van der Waals surface area contributed by atoms with Crippen LogP contribution in [0.4, 0.5) is 0 Å². The number of carboxylic acid groups (broad SMARTS) is 1. The van der Waals surface area contributed by atoms with Crippen molar-refractivity contribution in [2.75, 3.05) is 21.3 Å². The molecule has 0 radical (unpaired) electrons. The van der Waals surface area contributed by atoms with E-state index in [1.54, 1.807) is 26.0 Å². The van der Waals surface area contributed by atoms with Crippen molar-refractivity contribution in [3.63, 3.8) is 0 Å². The molecule has 1 rings (SSSR count). The maximum atomic E-state index is 11.2. The summed E-state index contributed by atoms with van der Waals surface area (Å²) in [5, 5.41) is 9.15. The van der Waals surface area contributed by atoms with Crippen molar-refractivity contribution >= 4 is 5.97 Å². The average Bonchev–Trinajstić information content (AvgIpc) is 2.42. The van der Waals surface area contributed by atoms with Gasteiger partial charge in [0.05, 0.1) is 21.3 Å². The minimum atomic E-state index is -1.02. The van der Waals surface area contributed by atoms with E-state index in [2.05, 4.69) is 0 Å². The molecule has 6 heteroatoms. The van der Waals surface area contributed by atoms with Crippen molar-refractivity contribution in [1.29, 1.82) is 0 Å². The van der Waals surface area contributed by atoms with Crippen molar-refractivity contribution in [3.05, 3.63) is 12.1 Å². The van der Waals surface area contributed by atoms with Crippen LogP contribution in [0.2, 0.25) is 0 Å². The highest BCUT2D eigenvalue weighted by Crippen LogP contribution is 2.41. The lowest BCUT2D eigenvalue weighted by Gasteiger charge is -2.20. The maximum Gasteiger partial charge on any atom is 0.345 e. The van der Waals surface area contributed by atoms with Gasteiger partial charge in [0.1, 0.15) is 5.75 Å². The normalized spacial score (nSPS) is 11.9. The summed E-state index contributed by atoms with van der Waals surface area (Å²) in [6.07, 6.45) is -0.946. The number of aliphatic carboxylic acids is 1. The van der Waals surface area contributed by atoms with Gasteiger partial charge < -0.3 is 24.1 Å². The summed E-state index contributed by atoms with van der Waals surface area (Å²) in [4.78, 5) is 11.2. The van der Waals surface area contributed by atoms with Gasteiger partial charge in [-0.3, -0.25) is 0 Å². The standard InChI is InChI=1S/C14H20O6/c1-8(2)12(14(15)16)20-9-6-10(17-3)13(19-5)11(7-9)18-4/h6-8,12H,1-5H3,(H,15,16). The van der Waals surface area contributed by atoms with E-state index in [4.69, 9.17) is 24.1 Å². The Balaban J connectivity index is 3.16. The summed E-state index contributed by atoms with van der Waals surface area (Å²) in [5.74, 6) is 0.407. The van der Waals surface area contributed by atoms with Crippen molar-refractivity contribution < 1.29 is 28.8 Å². The number of ether oxygens (including phenoxy) is 4. The Morgan fingerprint density at radius 2 is 1.55 bits per heavy atom. The first-order valence-corrected chi connectivity index (χ1v) is 6.14. The van der Waals surface area contributed by atoms with E-state index >= 15 is 0 Å². The van der Waals surface area contributed by atoms with Gasteiger partial charge in [-0.15, -0.1) is 0 Å². The van der Waals surface area contributed by atoms with E-state index < -0.39 is 12.1 Å². The molecule has 112 valence electrons. The highest BCUT2D eigenvalue weighted by atomic mass is 16.5. The lowest BCUT2D eigenvalue weighted by molar-refractivity contribution is -0.147. The summed E-state index contributed by atoms with van der Waals surface area (Å²) >= 11 is 0. The molecule has 0 aliphatic heterocycles. The maximum absolute atomic E-state index is 11.2. The molecule has 0 aromatic heterocycles. The fourth-order valence-corrected chi connectivity index (χ4v) is 1.74. The lowest BCUT2D eigenvalue weighted by atomic mass is 10.1. The minimum Gasteiger partial charge on any atom is -0.493 e. The molecule has 0 heterocycles. The summed E-state index contributed by atoms with van der Waals surface area (Å²) in [5.41, 5.74) is 0. The Hall–Kier alpha value is -2.11. The second-order valence-electron chi connectivity index (χ2n) is 4.48. The van der Waals surface area contributed by atoms with Crippen molar-refractivity contribution in [1.82, 2.24) is 0 Å². The molecule has 0 spiro atoms. The number of methoxy groups -OCH3 is 3. The van der Waals surface area contributed by atoms with Gasteiger partial charge in [-0.1, -0.05) is 13.8 Å². The predicted octanol–water partition coefficient (Wildman–Crippen LogP) is 2.20. The Bertz CT molecular complexity index is 444. The van der Waals surface area contributed by atoms with Crippen molar-refractivity contribution in [2.24, 2.45) is 5.92 Å². The van der Waals surface area contributed by atoms with Gasteiger partial charge in [-0.2, -0.15) is 0 Å². The molecule has 1 unspecified atom stereocenters. The predicted molar refractivity (Wildman–Crippen MR) is 73.0 cm³/mol. The van der Waals surface area contributed by atoms with Crippen LogP contribution in [0.5, 0.6) is 23.0 Å². The van der Waals surface area contributed by atoms with Crippen LogP contribution in [0, 0.1) is 5.92 Å². The Kier molecular flexibility index (Phi) is 5.49. The molecule has 1 N–H and O–H groups in total. The van der Waals surface area contributed by atoms with E-state index in [1.165, 1.54) is 21.3 Å². The highest BCUT2D eigenvalue weighted by molar-refractivity contribution is 5.73. The summed E-state index contributed by atoms with van der Waals surface area (Å²) < 4.78 is 21.1. The van der Waals surface area contributed by atoms with Crippen LogP contribution in [0.1, 0.15) is 13.8 Å². The van der Waals surface area contributed by atoms with Gasteiger partial charge in [0.15, 0.2) is 17.6 Å². The van der Waals surface area contributed by atoms with Crippen LogP contribution >= 0.6 is 0 Å². The third-order valence-electron chi connectivity index (χ3n) is 2.75. The molecule has 0 aliphatic rings. The van der Waals surface area contributed by atoms with Crippen molar-refractivity contribution in [2.45, 2.75) is 20.0 Å². The second kappa shape index (κ2) is 6.88. The third kappa shape index (κ3) is 3.46. The zero-order valence-corrected chi connectivity index (χ0v) is 12.3. The fourth-order valence-electron chi connectivity index (χ4n) is 1.74. The first-order chi connectivity index (χ1) is 9.44. The van der Waals surface area contributed by atoms with E-state index in [1.807, 2.05) is 0 Å². The molecule has 0 bridgehead atoms. The summed E-state index contributed by atoms with van der Waals surface area (Å²) in [7, 11) is 4.46. The van der Waals surface area contributed by atoms with Gasteiger partial charge >= 0.3 is 5.97 Å². The molecule has 0 saturated carbocycles. The highest BCUT2D eigenvalue weighted by Gasteiger charge is 2.25. The molecular formula is C14H20O6. The first kappa shape index (κ1) is 15.9. The topological polar surface area (TPSA) is 74.2 Å². The Labute approximate surface area is 118 Å². The smallest absolute Gasteiger partial charge is 0.345 e. The van der Waals surface area contributed by atoms with Crippen LogP contribution in [0.15, 0.2) is 12.1 Å². The second-order valence-corrected chi connectivity index (χ2v) is 4.48. The minimum absolute atomic E-state index is 0.174. The van der Waals surface area contributed by atoms with E-state index in [-0.39, 0.29) is 5.92 Å². The van der Waals surface area contributed by atoms with Crippen LogP contribution in [0.3, 0.4) is 0 Å². The number of hydrogen-bond acceptors (Lipinski definition) is 5. The van der Waals surface area contributed by atoms with Gasteiger partial charge in [0.2, 0.25) is 5.75 Å². The number of carbonyl (C=O) groups is 1. The number of benzene rings is 1. The largest absolute Gasteiger partial charge is 0.493 e. The number of carboxylic acids is 1. The average molecular weight is 284 g/mol. The fraction of sp³-hybridized carbons (Fsp3) is 0.500. The lowest BCUT2D eigenvalue weighted by Crippen LogP contribution is -2.32. The molecule has 6 nitrogen and oxygen atoms in total. The zero-order chi connectivity index (χ0) is 15.3. The molecular weight excluding hydrogens is 264 g/mol. The first-order valence-electron chi connectivity index (χ1n) is 6.14. The van der Waals surface area contributed by atoms with Gasteiger partial charge in [-0.25, -0.2) is 4.79 Å². The van der Waals surface area contributed by atoms with Gasteiger partial charge in [0.25, 0.3) is 0 Å². The molecule has 0 amide bonds. The molecule has 1 aromatic rings. The summed E-state index contributed by atoms with van der Waals surface area (Å²) in [6.45, 7) is 3.55. The molecule has 0 aliphatic carbocycles. The molecule has 20 heavy (non-hydrogen) atoms. The van der Waals surface area contributed by atoms with Crippen LogP contribution in [-0.2, 0) is 4.79 Å². The van der Waals surface area contributed by atoms with Crippen molar-refractivity contribution in [3.8, 4) is 23.0 Å². The molecule has 0 saturated heterocycles. The number of hydrogen-bond donors (Lipinski definition) is 1. The zero-order valence-electron chi connectivity index (χ0n) is 12.3. The van der Waals surface area contributed by atoms with E-state index in [0.29, 0.717) is 23.0 Å². The van der Waals surface area contributed by atoms with Crippen LogP contribution in [0.25, 0.3) is 0 Å². The van der Waals surface area contributed by atoms with Crippen LogP contribution in [-0.4, -0.2) is 38.5 Å². The molecule has 0 fully saturated rings. The Morgan fingerprint density at radius 1 is 1.05 bits per heavy atom. The van der Waals surface area contributed by atoms with Crippen LogP contribution < -0.4 is 18.9 Å². The summed E-state index contributed by atoms with van der Waals surface area (Å²) in [6, 6.07) is 3.14. The Morgan fingerprint density at radius 3 is 1.85 bits per heavy atom. The quantitative estimate of drug-likeness (QED) is 0.827. The van der Waals surface area contributed by atoms with E-state index in [9.17, 15) is 4.79 Å². The van der Waals surface area contributed by atoms with E-state index in [0.717, 1.165) is 0 Å². The van der Waals surface area contributed by atoms with Gasteiger partial charge in [0, 0.05) is 18.1 Å². The third-order valence-corrected chi connectivity index (χ3v) is 2.75. The molecule has 1 atom stereocenters.